The zero-order valence-electron chi connectivity index (χ0n) is 10.4. The molecule has 0 heterocycles. The maximum absolute atomic E-state index is 13.0. The summed E-state index contributed by atoms with van der Waals surface area (Å²) in [5, 5.41) is 9.65. The minimum atomic E-state index is -0.590. The zero-order valence-corrected chi connectivity index (χ0v) is 12.0. The fourth-order valence-corrected chi connectivity index (χ4v) is 2.22. The van der Waals surface area contributed by atoms with Crippen molar-refractivity contribution in [1.82, 2.24) is 0 Å². The molecule has 19 heavy (non-hydrogen) atoms. The molecule has 2 aromatic rings. The first-order valence-corrected chi connectivity index (χ1v) is 6.71. The van der Waals surface area contributed by atoms with E-state index in [0.717, 1.165) is 11.1 Å². The van der Waals surface area contributed by atoms with Crippen molar-refractivity contribution >= 4 is 15.9 Å². The molecule has 0 aromatic heterocycles. The van der Waals surface area contributed by atoms with E-state index in [9.17, 15) is 9.50 Å². The largest absolute Gasteiger partial charge is 0.488 e. The van der Waals surface area contributed by atoms with Gasteiger partial charge in [-0.15, -0.1) is 0 Å². The molecule has 0 saturated heterocycles. The maximum Gasteiger partial charge on any atom is 0.125 e. The average molecular weight is 325 g/mol. The van der Waals surface area contributed by atoms with Crippen LogP contribution in [-0.2, 0) is 6.61 Å². The summed E-state index contributed by atoms with van der Waals surface area (Å²) in [7, 11) is 0. The molecular weight excluding hydrogens is 311 g/mol. The third-order valence-electron chi connectivity index (χ3n) is 2.77. The highest BCUT2D eigenvalue weighted by Crippen LogP contribution is 2.26. The van der Waals surface area contributed by atoms with E-state index in [1.807, 2.05) is 18.2 Å². The summed E-state index contributed by atoms with van der Waals surface area (Å²) >= 11 is 3.30. The van der Waals surface area contributed by atoms with Crippen LogP contribution in [0.5, 0.6) is 5.75 Å². The van der Waals surface area contributed by atoms with Crippen molar-refractivity contribution < 1.29 is 14.2 Å². The van der Waals surface area contributed by atoms with Gasteiger partial charge in [-0.25, -0.2) is 4.39 Å². The van der Waals surface area contributed by atoms with Crippen LogP contribution in [0.4, 0.5) is 4.39 Å². The van der Waals surface area contributed by atoms with Crippen molar-refractivity contribution in [2.24, 2.45) is 0 Å². The molecular formula is C15H14BrFO2. The highest BCUT2D eigenvalue weighted by atomic mass is 79.9. The van der Waals surface area contributed by atoms with Crippen molar-refractivity contribution in [3.63, 3.8) is 0 Å². The third kappa shape index (κ3) is 3.55. The van der Waals surface area contributed by atoms with Gasteiger partial charge in [-0.1, -0.05) is 40.2 Å². The number of aliphatic hydroxyl groups excluding tert-OH is 1. The number of aliphatic hydroxyl groups is 1. The Kier molecular flexibility index (Phi) is 4.56. The normalized spacial score (nSPS) is 12.2. The molecule has 0 fully saturated rings. The molecule has 0 unspecified atom stereocenters. The van der Waals surface area contributed by atoms with Gasteiger partial charge in [-0.2, -0.15) is 0 Å². The van der Waals surface area contributed by atoms with E-state index >= 15 is 0 Å². The Morgan fingerprint density at radius 1 is 1.26 bits per heavy atom. The lowest BCUT2D eigenvalue weighted by molar-refractivity contribution is 0.190. The fraction of sp³-hybridized carbons (Fsp3) is 0.200. The second kappa shape index (κ2) is 6.17. The van der Waals surface area contributed by atoms with Gasteiger partial charge in [-0.05, 0) is 25.1 Å². The van der Waals surface area contributed by atoms with E-state index in [1.54, 1.807) is 19.1 Å². The van der Waals surface area contributed by atoms with E-state index in [2.05, 4.69) is 15.9 Å². The highest BCUT2D eigenvalue weighted by molar-refractivity contribution is 9.10. The molecule has 0 aliphatic carbocycles. The zero-order chi connectivity index (χ0) is 13.8. The summed E-state index contributed by atoms with van der Waals surface area (Å²) in [6.07, 6.45) is -0.590. The van der Waals surface area contributed by atoms with Crippen LogP contribution in [0.25, 0.3) is 0 Å². The molecule has 0 radical (unpaired) electrons. The summed E-state index contributed by atoms with van der Waals surface area (Å²) in [4.78, 5) is 0. The molecule has 0 amide bonds. The molecule has 2 nitrogen and oxygen atoms in total. The lowest BCUT2D eigenvalue weighted by atomic mass is 10.1. The van der Waals surface area contributed by atoms with Crippen molar-refractivity contribution in [2.75, 3.05) is 0 Å². The van der Waals surface area contributed by atoms with Gasteiger partial charge in [-0.3, -0.25) is 0 Å². The number of rotatable bonds is 4. The first-order chi connectivity index (χ1) is 9.08. The second-order valence-electron chi connectivity index (χ2n) is 4.24. The molecule has 0 saturated carbocycles. The summed E-state index contributed by atoms with van der Waals surface area (Å²) in [6, 6.07) is 11.8. The Labute approximate surface area is 120 Å². The predicted molar refractivity (Wildman–Crippen MR) is 75.5 cm³/mol. The summed E-state index contributed by atoms with van der Waals surface area (Å²) in [6.45, 7) is 2.00. The fourth-order valence-electron chi connectivity index (χ4n) is 1.75. The Hall–Kier alpha value is -1.39. The SMILES string of the molecule is C[C@H](O)c1ccccc1OCc1ccc(F)cc1Br. The number of benzene rings is 2. The van der Waals surface area contributed by atoms with Crippen LogP contribution in [0.1, 0.15) is 24.2 Å². The van der Waals surface area contributed by atoms with Crippen LogP contribution < -0.4 is 4.74 Å². The van der Waals surface area contributed by atoms with E-state index < -0.39 is 6.10 Å². The third-order valence-corrected chi connectivity index (χ3v) is 3.51. The molecule has 2 rings (SSSR count). The topological polar surface area (TPSA) is 29.5 Å². The lowest BCUT2D eigenvalue weighted by Crippen LogP contribution is -2.01. The van der Waals surface area contributed by atoms with E-state index in [1.165, 1.54) is 12.1 Å². The minimum absolute atomic E-state index is 0.292. The monoisotopic (exact) mass is 324 g/mol. The number of halogens is 2. The Bertz CT molecular complexity index is 570. The van der Waals surface area contributed by atoms with Gasteiger partial charge < -0.3 is 9.84 Å². The molecule has 2 aromatic carbocycles. The van der Waals surface area contributed by atoms with Crippen LogP contribution in [0, 0.1) is 5.82 Å². The molecule has 4 heteroatoms. The Morgan fingerprint density at radius 3 is 2.68 bits per heavy atom. The van der Waals surface area contributed by atoms with E-state index in [-0.39, 0.29) is 5.82 Å². The first-order valence-electron chi connectivity index (χ1n) is 5.91. The van der Waals surface area contributed by atoms with Gasteiger partial charge in [0.2, 0.25) is 0 Å². The molecule has 1 atom stereocenters. The van der Waals surface area contributed by atoms with Crippen molar-refractivity contribution in [3.05, 3.63) is 63.9 Å². The summed E-state index contributed by atoms with van der Waals surface area (Å²) in [5.41, 5.74) is 1.59. The molecule has 0 spiro atoms. The van der Waals surface area contributed by atoms with Crippen molar-refractivity contribution in [3.8, 4) is 5.75 Å². The van der Waals surface area contributed by atoms with Gasteiger partial charge in [0.25, 0.3) is 0 Å². The van der Waals surface area contributed by atoms with Crippen LogP contribution >= 0.6 is 15.9 Å². The van der Waals surface area contributed by atoms with Crippen LogP contribution in [0.2, 0.25) is 0 Å². The predicted octanol–water partition coefficient (Wildman–Crippen LogP) is 4.22. The lowest BCUT2D eigenvalue weighted by Gasteiger charge is -2.13. The molecule has 100 valence electrons. The minimum Gasteiger partial charge on any atom is -0.488 e. The van der Waals surface area contributed by atoms with Crippen LogP contribution in [0.15, 0.2) is 46.9 Å². The van der Waals surface area contributed by atoms with Gasteiger partial charge in [0, 0.05) is 15.6 Å². The first kappa shape index (κ1) is 14.0. The average Bonchev–Trinajstić information content (AvgIpc) is 2.38. The molecule has 1 N–H and O–H groups in total. The molecule has 0 aliphatic heterocycles. The summed E-state index contributed by atoms with van der Waals surface area (Å²) in [5.74, 6) is 0.341. The van der Waals surface area contributed by atoms with Crippen LogP contribution in [-0.4, -0.2) is 5.11 Å². The smallest absolute Gasteiger partial charge is 0.125 e. The quantitative estimate of drug-likeness (QED) is 0.912. The Morgan fingerprint density at radius 2 is 2.00 bits per heavy atom. The van der Waals surface area contributed by atoms with E-state index in [4.69, 9.17) is 4.74 Å². The van der Waals surface area contributed by atoms with Gasteiger partial charge in [0.15, 0.2) is 0 Å². The summed E-state index contributed by atoms with van der Waals surface area (Å²) < 4.78 is 19.3. The standard InChI is InChI=1S/C15H14BrFO2/c1-10(18)13-4-2-3-5-15(13)19-9-11-6-7-12(17)8-14(11)16/h2-8,10,18H,9H2,1H3/t10-/m0/s1. The Balaban J connectivity index is 2.14. The van der Waals surface area contributed by atoms with Crippen molar-refractivity contribution in [2.45, 2.75) is 19.6 Å². The van der Waals surface area contributed by atoms with Crippen LogP contribution in [0.3, 0.4) is 0 Å². The van der Waals surface area contributed by atoms with E-state index in [0.29, 0.717) is 16.8 Å². The number of ether oxygens (including phenoxy) is 1. The highest BCUT2D eigenvalue weighted by Gasteiger charge is 2.09. The molecule has 0 aliphatic rings. The van der Waals surface area contributed by atoms with Gasteiger partial charge >= 0.3 is 0 Å². The van der Waals surface area contributed by atoms with Gasteiger partial charge in [0.1, 0.15) is 18.2 Å². The number of hydrogen-bond acceptors (Lipinski definition) is 2. The molecule has 0 bridgehead atoms. The van der Waals surface area contributed by atoms with Gasteiger partial charge in [0.05, 0.1) is 6.10 Å². The maximum atomic E-state index is 13.0. The van der Waals surface area contributed by atoms with Crippen molar-refractivity contribution in [1.29, 1.82) is 0 Å². The number of hydrogen-bond donors (Lipinski definition) is 1. The second-order valence-corrected chi connectivity index (χ2v) is 5.09. The number of para-hydroxylation sites is 1.